The van der Waals surface area contributed by atoms with Crippen LogP contribution in [0.1, 0.15) is 18.2 Å². The molecule has 3 nitrogen and oxygen atoms in total. The number of nitrogens with zero attached hydrogens (tertiary/aromatic N) is 2. The van der Waals surface area contributed by atoms with Gasteiger partial charge >= 0.3 is 0 Å². The molecular formula is C7H9N3. The molecule has 0 aliphatic carbocycles. The first kappa shape index (κ1) is 5.80. The van der Waals surface area contributed by atoms with Crippen molar-refractivity contribution in [2.24, 2.45) is 0 Å². The van der Waals surface area contributed by atoms with E-state index >= 15 is 0 Å². The van der Waals surface area contributed by atoms with Gasteiger partial charge in [0.25, 0.3) is 0 Å². The van der Waals surface area contributed by atoms with Gasteiger partial charge < -0.3 is 5.32 Å². The Morgan fingerprint density at radius 3 is 2.90 bits per heavy atom. The van der Waals surface area contributed by atoms with Crippen LogP contribution in [0.3, 0.4) is 0 Å². The molecule has 1 atom stereocenters. The summed E-state index contributed by atoms with van der Waals surface area (Å²) >= 11 is 0. The number of hydrogen-bond acceptors (Lipinski definition) is 3. The second-order valence-electron chi connectivity index (χ2n) is 2.43. The Balaban J connectivity index is 2.18. The zero-order chi connectivity index (χ0) is 6.81. The van der Waals surface area contributed by atoms with Crippen LogP contribution in [0.2, 0.25) is 0 Å². The summed E-state index contributed by atoms with van der Waals surface area (Å²) in [6, 6.07) is 0.466. The Morgan fingerprint density at radius 2 is 2.40 bits per heavy atom. The predicted octanol–water partition coefficient (Wildman–Crippen LogP) is 0.511. The largest absolute Gasteiger partial charge is 0.308 e. The summed E-state index contributed by atoms with van der Waals surface area (Å²) in [6.07, 6.45) is 6.44. The van der Waals surface area contributed by atoms with Crippen molar-refractivity contribution in [2.45, 2.75) is 12.5 Å². The third-order valence-electron chi connectivity index (χ3n) is 1.76. The van der Waals surface area contributed by atoms with Crippen molar-refractivity contribution in [3.05, 3.63) is 24.3 Å². The Labute approximate surface area is 59.5 Å². The Morgan fingerprint density at radius 1 is 1.50 bits per heavy atom. The normalized spacial score (nSPS) is 23.8. The molecule has 0 bridgehead atoms. The van der Waals surface area contributed by atoms with E-state index in [9.17, 15) is 0 Å². The molecule has 3 heteroatoms. The van der Waals surface area contributed by atoms with Gasteiger partial charge in [-0.1, -0.05) is 0 Å². The molecular weight excluding hydrogens is 126 g/mol. The molecule has 10 heavy (non-hydrogen) atoms. The van der Waals surface area contributed by atoms with Gasteiger partial charge in [-0.25, -0.2) is 0 Å². The Hall–Kier alpha value is -0.960. The maximum Gasteiger partial charge on any atom is 0.0756 e. The number of nitrogens with one attached hydrogen (secondary N) is 1. The molecule has 1 aliphatic heterocycles. The van der Waals surface area contributed by atoms with Gasteiger partial charge in [0.15, 0.2) is 0 Å². The minimum absolute atomic E-state index is 0.466. The third kappa shape index (κ3) is 0.885. The van der Waals surface area contributed by atoms with E-state index in [-0.39, 0.29) is 0 Å². The highest BCUT2D eigenvalue weighted by molar-refractivity contribution is 5.05. The average molecular weight is 135 g/mol. The van der Waals surface area contributed by atoms with Gasteiger partial charge in [0.1, 0.15) is 0 Å². The van der Waals surface area contributed by atoms with E-state index < -0.39 is 0 Å². The van der Waals surface area contributed by atoms with Gasteiger partial charge in [-0.05, 0) is 13.0 Å². The van der Waals surface area contributed by atoms with Crippen molar-refractivity contribution in [3.63, 3.8) is 0 Å². The quantitative estimate of drug-likeness (QED) is 0.609. The topological polar surface area (TPSA) is 37.8 Å². The van der Waals surface area contributed by atoms with Crippen molar-refractivity contribution in [3.8, 4) is 0 Å². The van der Waals surface area contributed by atoms with Crippen LogP contribution < -0.4 is 5.32 Å². The summed E-state index contributed by atoms with van der Waals surface area (Å²) in [4.78, 5) is 8.16. The molecule has 1 fully saturated rings. The Bertz CT molecular complexity index is 205. The van der Waals surface area contributed by atoms with Crippen LogP contribution in [0.15, 0.2) is 18.6 Å². The molecule has 1 saturated heterocycles. The van der Waals surface area contributed by atoms with E-state index in [1.54, 1.807) is 12.4 Å². The van der Waals surface area contributed by atoms with Crippen LogP contribution in [-0.4, -0.2) is 16.5 Å². The third-order valence-corrected chi connectivity index (χ3v) is 1.76. The Kier molecular flexibility index (Phi) is 1.36. The number of rotatable bonds is 1. The smallest absolute Gasteiger partial charge is 0.0756 e. The molecule has 0 unspecified atom stereocenters. The first-order valence-corrected chi connectivity index (χ1v) is 3.46. The highest BCUT2D eigenvalue weighted by atomic mass is 15.0. The van der Waals surface area contributed by atoms with Crippen LogP contribution in [0.4, 0.5) is 0 Å². The van der Waals surface area contributed by atoms with E-state index in [0.717, 1.165) is 12.2 Å². The van der Waals surface area contributed by atoms with Crippen molar-refractivity contribution >= 4 is 0 Å². The first-order valence-electron chi connectivity index (χ1n) is 3.46. The lowest BCUT2D eigenvalue weighted by atomic mass is 10.0. The van der Waals surface area contributed by atoms with Gasteiger partial charge in [0.2, 0.25) is 0 Å². The van der Waals surface area contributed by atoms with Gasteiger partial charge in [-0.15, -0.1) is 0 Å². The van der Waals surface area contributed by atoms with Crippen LogP contribution in [0.5, 0.6) is 0 Å². The lowest BCUT2D eigenvalue weighted by Crippen LogP contribution is -2.35. The molecule has 0 amide bonds. The van der Waals surface area contributed by atoms with Gasteiger partial charge in [-0.2, -0.15) is 0 Å². The van der Waals surface area contributed by atoms with Crippen LogP contribution in [-0.2, 0) is 0 Å². The molecule has 2 rings (SSSR count). The fraction of sp³-hybridized carbons (Fsp3) is 0.429. The van der Waals surface area contributed by atoms with Gasteiger partial charge in [0.05, 0.1) is 11.7 Å². The van der Waals surface area contributed by atoms with E-state index in [0.29, 0.717) is 6.04 Å². The molecule has 0 spiro atoms. The lowest BCUT2D eigenvalue weighted by molar-refractivity contribution is 0.374. The first-order chi connectivity index (χ1) is 4.97. The summed E-state index contributed by atoms with van der Waals surface area (Å²) in [5, 5.41) is 3.26. The highest BCUT2D eigenvalue weighted by Gasteiger charge is 2.18. The van der Waals surface area contributed by atoms with E-state index in [1.165, 1.54) is 6.42 Å². The number of aromatic nitrogens is 2. The van der Waals surface area contributed by atoms with E-state index in [4.69, 9.17) is 0 Å². The molecule has 52 valence electrons. The molecule has 1 aliphatic rings. The van der Waals surface area contributed by atoms with Crippen LogP contribution in [0, 0.1) is 0 Å². The standard InChI is InChI=1S/C7H9N3/c1-2-9-6(1)7-5-8-3-4-10-7/h3-6,9H,1-2H2/t6-/m0/s1. The minimum Gasteiger partial charge on any atom is -0.308 e. The van der Waals surface area contributed by atoms with Gasteiger partial charge in [-0.3, -0.25) is 9.97 Å². The van der Waals surface area contributed by atoms with Crippen molar-refractivity contribution in [1.29, 1.82) is 0 Å². The highest BCUT2D eigenvalue weighted by Crippen LogP contribution is 2.18. The van der Waals surface area contributed by atoms with Crippen molar-refractivity contribution in [2.75, 3.05) is 6.54 Å². The second kappa shape index (κ2) is 2.34. The molecule has 0 saturated carbocycles. The molecule has 1 N–H and O–H groups in total. The molecule has 1 aromatic rings. The maximum atomic E-state index is 4.18. The van der Waals surface area contributed by atoms with Crippen LogP contribution in [0.25, 0.3) is 0 Å². The lowest BCUT2D eigenvalue weighted by Gasteiger charge is -2.26. The monoisotopic (exact) mass is 135 g/mol. The zero-order valence-corrected chi connectivity index (χ0v) is 5.62. The summed E-state index contributed by atoms with van der Waals surface area (Å²) in [7, 11) is 0. The molecule has 0 aromatic carbocycles. The average Bonchev–Trinajstić information content (AvgIpc) is 1.86. The number of hydrogen-bond donors (Lipinski definition) is 1. The predicted molar refractivity (Wildman–Crippen MR) is 37.4 cm³/mol. The molecule has 0 radical (unpaired) electrons. The second-order valence-corrected chi connectivity index (χ2v) is 2.43. The molecule has 2 heterocycles. The maximum absolute atomic E-state index is 4.18. The summed E-state index contributed by atoms with van der Waals surface area (Å²) < 4.78 is 0. The van der Waals surface area contributed by atoms with Crippen molar-refractivity contribution in [1.82, 2.24) is 15.3 Å². The van der Waals surface area contributed by atoms with E-state index in [1.807, 2.05) is 6.20 Å². The molecule has 1 aromatic heterocycles. The van der Waals surface area contributed by atoms with E-state index in [2.05, 4.69) is 15.3 Å². The SMILES string of the molecule is c1cnc([C@@H]2CCN2)cn1. The summed E-state index contributed by atoms with van der Waals surface area (Å²) in [5.41, 5.74) is 1.06. The summed E-state index contributed by atoms with van der Waals surface area (Å²) in [5.74, 6) is 0. The fourth-order valence-corrected chi connectivity index (χ4v) is 1.03. The zero-order valence-electron chi connectivity index (χ0n) is 5.62. The minimum atomic E-state index is 0.466. The van der Waals surface area contributed by atoms with Gasteiger partial charge in [0, 0.05) is 18.6 Å². The fourth-order valence-electron chi connectivity index (χ4n) is 1.03. The van der Waals surface area contributed by atoms with Crippen molar-refractivity contribution < 1.29 is 0 Å². The van der Waals surface area contributed by atoms with Crippen LogP contribution >= 0.6 is 0 Å². The summed E-state index contributed by atoms with van der Waals surface area (Å²) in [6.45, 7) is 1.11.